The normalized spacial score (nSPS) is 15.5. The summed E-state index contributed by atoms with van der Waals surface area (Å²) in [5, 5.41) is 8.79. The number of ether oxygens (including phenoxy) is 1. The Morgan fingerprint density at radius 1 is 1.35 bits per heavy atom. The Hall–Kier alpha value is -2.35. The van der Waals surface area contributed by atoms with Gasteiger partial charge in [0, 0.05) is 13.1 Å². The van der Waals surface area contributed by atoms with Gasteiger partial charge in [-0.2, -0.15) is 5.26 Å². The molecule has 2 rings (SSSR count). The lowest BCUT2D eigenvalue weighted by Gasteiger charge is -2.20. The topological polar surface area (TPSA) is 70.4 Å². The summed E-state index contributed by atoms with van der Waals surface area (Å²) in [5.41, 5.74) is 0.670. The highest BCUT2D eigenvalue weighted by atomic mass is 16.5. The first-order valence-corrected chi connectivity index (χ1v) is 6.62. The van der Waals surface area contributed by atoms with Crippen LogP contribution in [-0.4, -0.2) is 36.0 Å². The number of carbonyl (C=O) groups excluding carboxylic acids is 2. The first kappa shape index (κ1) is 14.1. The minimum absolute atomic E-state index is 0.160. The van der Waals surface area contributed by atoms with Crippen molar-refractivity contribution in [3.8, 4) is 6.07 Å². The summed E-state index contributed by atoms with van der Waals surface area (Å²) >= 11 is 0. The third kappa shape index (κ3) is 3.15. The van der Waals surface area contributed by atoms with Gasteiger partial charge < -0.3 is 9.64 Å². The highest BCUT2D eigenvalue weighted by molar-refractivity contribution is 5.92. The summed E-state index contributed by atoms with van der Waals surface area (Å²) in [6.45, 7) is 3.03. The van der Waals surface area contributed by atoms with Crippen LogP contribution in [0.1, 0.15) is 35.7 Å². The second kappa shape index (κ2) is 6.20. The molecular weight excluding hydrogens is 256 g/mol. The summed E-state index contributed by atoms with van der Waals surface area (Å²) in [5.74, 6) is -0.741. The van der Waals surface area contributed by atoms with Gasteiger partial charge in [0.2, 0.25) is 0 Å². The van der Waals surface area contributed by atoms with E-state index in [-0.39, 0.29) is 11.5 Å². The number of hydrogen-bond acceptors (Lipinski definition) is 4. The van der Waals surface area contributed by atoms with Crippen molar-refractivity contribution in [2.24, 2.45) is 0 Å². The third-order valence-electron chi connectivity index (χ3n) is 3.28. The maximum absolute atomic E-state index is 12.0. The lowest BCUT2D eigenvalue weighted by atomic mass is 10.1. The fourth-order valence-corrected chi connectivity index (χ4v) is 2.19. The van der Waals surface area contributed by atoms with Crippen LogP contribution in [0.25, 0.3) is 0 Å². The highest BCUT2D eigenvalue weighted by Crippen LogP contribution is 2.12. The number of benzene rings is 1. The van der Waals surface area contributed by atoms with Gasteiger partial charge in [-0.15, -0.1) is 0 Å². The average Bonchev–Trinajstić information content (AvgIpc) is 3.00. The first-order chi connectivity index (χ1) is 9.61. The van der Waals surface area contributed by atoms with Gasteiger partial charge in [0.15, 0.2) is 6.10 Å². The zero-order valence-electron chi connectivity index (χ0n) is 11.3. The van der Waals surface area contributed by atoms with Crippen LogP contribution in [0.2, 0.25) is 0 Å². The van der Waals surface area contributed by atoms with E-state index in [1.165, 1.54) is 6.07 Å². The van der Waals surface area contributed by atoms with E-state index in [0.29, 0.717) is 5.56 Å². The largest absolute Gasteiger partial charge is 0.449 e. The second-order valence-electron chi connectivity index (χ2n) is 4.77. The zero-order chi connectivity index (χ0) is 14.5. The molecule has 104 valence electrons. The Balaban J connectivity index is 1.99. The Kier molecular flexibility index (Phi) is 4.36. The van der Waals surface area contributed by atoms with E-state index in [2.05, 4.69) is 0 Å². The van der Waals surface area contributed by atoms with Crippen molar-refractivity contribution >= 4 is 11.9 Å². The molecule has 1 aliphatic rings. The number of nitriles is 1. The van der Waals surface area contributed by atoms with E-state index in [1.807, 2.05) is 6.07 Å². The number of esters is 1. The van der Waals surface area contributed by atoms with Gasteiger partial charge in [-0.05, 0) is 38.0 Å². The highest BCUT2D eigenvalue weighted by Gasteiger charge is 2.26. The molecule has 0 spiro atoms. The summed E-state index contributed by atoms with van der Waals surface area (Å²) in [6, 6.07) is 8.20. The van der Waals surface area contributed by atoms with E-state index in [0.717, 1.165) is 25.9 Å². The average molecular weight is 272 g/mol. The van der Waals surface area contributed by atoms with E-state index in [9.17, 15) is 9.59 Å². The van der Waals surface area contributed by atoms with Crippen molar-refractivity contribution in [2.75, 3.05) is 13.1 Å². The molecule has 1 aliphatic heterocycles. The minimum Gasteiger partial charge on any atom is -0.449 e. The van der Waals surface area contributed by atoms with Crippen LogP contribution >= 0.6 is 0 Å². The Bertz CT molecular complexity index is 556. The molecule has 0 bridgehead atoms. The quantitative estimate of drug-likeness (QED) is 0.786. The van der Waals surface area contributed by atoms with Crippen LogP contribution in [0.4, 0.5) is 0 Å². The van der Waals surface area contributed by atoms with Gasteiger partial charge in [-0.1, -0.05) is 6.07 Å². The fourth-order valence-electron chi connectivity index (χ4n) is 2.19. The predicted octanol–water partition coefficient (Wildman–Crippen LogP) is 1.73. The number of carbonyl (C=O) groups is 2. The first-order valence-electron chi connectivity index (χ1n) is 6.62. The van der Waals surface area contributed by atoms with Crippen molar-refractivity contribution < 1.29 is 14.3 Å². The maximum atomic E-state index is 12.0. The lowest BCUT2D eigenvalue weighted by molar-refractivity contribution is -0.138. The van der Waals surface area contributed by atoms with Gasteiger partial charge in [0.25, 0.3) is 5.91 Å². The van der Waals surface area contributed by atoms with Crippen molar-refractivity contribution in [2.45, 2.75) is 25.9 Å². The lowest BCUT2D eigenvalue weighted by Crippen LogP contribution is -2.38. The van der Waals surface area contributed by atoms with Crippen LogP contribution in [0, 0.1) is 11.3 Å². The molecule has 0 aliphatic carbocycles. The molecule has 0 aromatic heterocycles. The van der Waals surface area contributed by atoms with E-state index in [4.69, 9.17) is 10.00 Å². The molecule has 1 saturated heterocycles. The molecule has 5 heteroatoms. The molecule has 1 atom stereocenters. The predicted molar refractivity (Wildman–Crippen MR) is 71.8 cm³/mol. The van der Waals surface area contributed by atoms with Crippen molar-refractivity contribution in [3.05, 3.63) is 35.4 Å². The van der Waals surface area contributed by atoms with Crippen LogP contribution in [0.3, 0.4) is 0 Å². The smallest absolute Gasteiger partial charge is 0.338 e. The Labute approximate surface area is 117 Å². The molecule has 1 heterocycles. The molecule has 0 radical (unpaired) electrons. The number of likely N-dealkylation sites (tertiary alicyclic amines) is 1. The number of hydrogen-bond donors (Lipinski definition) is 0. The fraction of sp³-hybridized carbons (Fsp3) is 0.400. The molecule has 1 unspecified atom stereocenters. The van der Waals surface area contributed by atoms with Gasteiger partial charge in [0.1, 0.15) is 0 Å². The van der Waals surface area contributed by atoms with E-state index < -0.39 is 12.1 Å². The summed E-state index contributed by atoms with van der Waals surface area (Å²) in [7, 11) is 0. The molecule has 1 aromatic carbocycles. The van der Waals surface area contributed by atoms with Crippen LogP contribution in [-0.2, 0) is 9.53 Å². The summed E-state index contributed by atoms with van der Waals surface area (Å²) < 4.78 is 5.17. The number of amides is 1. The van der Waals surface area contributed by atoms with Gasteiger partial charge in [-0.3, -0.25) is 4.79 Å². The number of rotatable bonds is 3. The summed E-state index contributed by atoms with van der Waals surface area (Å²) in [6.07, 6.45) is 1.19. The molecule has 0 saturated carbocycles. The monoisotopic (exact) mass is 272 g/mol. The van der Waals surface area contributed by atoms with E-state index in [1.54, 1.807) is 30.0 Å². The third-order valence-corrected chi connectivity index (χ3v) is 3.28. The van der Waals surface area contributed by atoms with Crippen molar-refractivity contribution in [1.29, 1.82) is 5.26 Å². The molecule has 20 heavy (non-hydrogen) atoms. The SMILES string of the molecule is CC(OC(=O)c1cccc(C#N)c1)C(=O)N1CCCC1. The minimum atomic E-state index is -0.800. The molecular formula is C15H16N2O3. The van der Waals surface area contributed by atoms with Crippen LogP contribution in [0.5, 0.6) is 0 Å². The zero-order valence-corrected chi connectivity index (χ0v) is 11.3. The van der Waals surface area contributed by atoms with E-state index >= 15 is 0 Å². The molecule has 5 nitrogen and oxygen atoms in total. The molecule has 1 fully saturated rings. The van der Waals surface area contributed by atoms with Gasteiger partial charge >= 0.3 is 5.97 Å². The Morgan fingerprint density at radius 3 is 2.70 bits per heavy atom. The second-order valence-corrected chi connectivity index (χ2v) is 4.77. The van der Waals surface area contributed by atoms with Crippen molar-refractivity contribution in [1.82, 2.24) is 4.90 Å². The molecule has 1 aromatic rings. The van der Waals surface area contributed by atoms with Crippen molar-refractivity contribution in [3.63, 3.8) is 0 Å². The number of nitrogens with zero attached hydrogens (tertiary/aromatic N) is 2. The van der Waals surface area contributed by atoms with Crippen LogP contribution < -0.4 is 0 Å². The molecule has 1 amide bonds. The summed E-state index contributed by atoms with van der Waals surface area (Å²) in [4.78, 5) is 25.7. The van der Waals surface area contributed by atoms with Gasteiger partial charge in [0.05, 0.1) is 17.2 Å². The van der Waals surface area contributed by atoms with Crippen LogP contribution in [0.15, 0.2) is 24.3 Å². The standard InChI is InChI=1S/C15H16N2O3/c1-11(14(18)17-7-2-3-8-17)20-15(19)13-6-4-5-12(9-13)10-16/h4-6,9,11H,2-3,7-8H2,1H3. The Morgan fingerprint density at radius 2 is 2.05 bits per heavy atom. The van der Waals surface area contributed by atoms with Gasteiger partial charge in [-0.25, -0.2) is 4.79 Å². The molecule has 0 N–H and O–H groups in total. The maximum Gasteiger partial charge on any atom is 0.338 e.